The number of esters is 1. The zero-order valence-corrected chi connectivity index (χ0v) is 13.2. The summed E-state index contributed by atoms with van der Waals surface area (Å²) in [5.74, 6) is -0.456. The second-order valence-electron chi connectivity index (χ2n) is 4.31. The smallest absolute Gasteiger partial charge is 0.307 e. The lowest BCUT2D eigenvalue weighted by Crippen LogP contribution is -2.32. The van der Waals surface area contributed by atoms with Gasteiger partial charge in [0.2, 0.25) is 5.91 Å². The largest absolute Gasteiger partial charge is 0.469 e. The van der Waals surface area contributed by atoms with Crippen LogP contribution in [-0.2, 0) is 14.3 Å². The van der Waals surface area contributed by atoms with Gasteiger partial charge in [0, 0.05) is 17.4 Å². The summed E-state index contributed by atoms with van der Waals surface area (Å²) in [4.78, 5) is 23.3. The van der Waals surface area contributed by atoms with E-state index in [9.17, 15) is 9.59 Å². The molecule has 0 spiro atoms. The lowest BCUT2D eigenvalue weighted by Gasteiger charge is -2.18. The quantitative estimate of drug-likeness (QED) is 0.741. The van der Waals surface area contributed by atoms with Crippen LogP contribution in [0.1, 0.15) is 24.4 Å². The topological polar surface area (TPSA) is 67.4 Å². The van der Waals surface area contributed by atoms with E-state index < -0.39 is 0 Å². The van der Waals surface area contributed by atoms with Crippen LogP contribution < -0.4 is 10.6 Å². The minimum atomic E-state index is -0.375. The van der Waals surface area contributed by atoms with Crippen LogP contribution in [0.5, 0.6) is 0 Å². The normalized spacial score (nSPS) is 11.8. The number of ether oxygens (including phenoxy) is 1. The number of benzene rings is 1. The number of nitrogens with one attached hydrogen (secondary N) is 2. The van der Waals surface area contributed by atoms with E-state index in [4.69, 9.17) is 0 Å². The fourth-order valence-electron chi connectivity index (χ4n) is 1.70. The van der Waals surface area contributed by atoms with E-state index in [1.54, 1.807) is 7.05 Å². The molecule has 0 aliphatic rings. The average Bonchev–Trinajstić information content (AvgIpc) is 2.45. The minimum Gasteiger partial charge on any atom is -0.469 e. The van der Waals surface area contributed by atoms with Gasteiger partial charge in [0.25, 0.3) is 0 Å². The SMILES string of the molecule is CNCCC(=O)NC(CC(=O)OC)c1ccc(Br)cc1. The molecule has 1 rings (SSSR count). The number of amides is 1. The molecule has 2 N–H and O–H groups in total. The maximum atomic E-state index is 11.8. The van der Waals surface area contributed by atoms with Gasteiger partial charge in [-0.05, 0) is 24.7 Å². The van der Waals surface area contributed by atoms with Crippen molar-refractivity contribution in [3.05, 3.63) is 34.3 Å². The molecular formula is C14H19BrN2O3. The average molecular weight is 343 g/mol. The molecular weight excluding hydrogens is 324 g/mol. The van der Waals surface area contributed by atoms with Crippen molar-refractivity contribution in [2.45, 2.75) is 18.9 Å². The first-order valence-electron chi connectivity index (χ1n) is 6.33. The molecule has 0 aliphatic heterocycles. The second kappa shape index (κ2) is 8.71. The van der Waals surface area contributed by atoms with Gasteiger partial charge in [0.05, 0.1) is 19.6 Å². The van der Waals surface area contributed by atoms with Crippen LogP contribution in [0.2, 0.25) is 0 Å². The lowest BCUT2D eigenvalue weighted by molar-refractivity contribution is -0.141. The van der Waals surface area contributed by atoms with Crippen molar-refractivity contribution in [1.82, 2.24) is 10.6 Å². The zero-order chi connectivity index (χ0) is 15.0. The molecule has 1 unspecified atom stereocenters. The molecule has 6 heteroatoms. The predicted octanol–water partition coefficient (Wildman–Crippen LogP) is 1.78. The third-order valence-corrected chi connectivity index (χ3v) is 3.34. The molecule has 0 aromatic heterocycles. The number of methoxy groups -OCH3 is 1. The maximum Gasteiger partial charge on any atom is 0.307 e. The maximum absolute atomic E-state index is 11.8. The number of rotatable bonds is 7. The molecule has 1 aromatic rings. The van der Waals surface area contributed by atoms with Gasteiger partial charge in [-0.25, -0.2) is 0 Å². The van der Waals surface area contributed by atoms with Crippen molar-refractivity contribution < 1.29 is 14.3 Å². The van der Waals surface area contributed by atoms with Crippen LogP contribution in [0.25, 0.3) is 0 Å². The zero-order valence-electron chi connectivity index (χ0n) is 11.6. The molecule has 0 saturated carbocycles. The Labute approximate surface area is 127 Å². The number of carbonyl (C=O) groups is 2. The van der Waals surface area contributed by atoms with Crippen molar-refractivity contribution >= 4 is 27.8 Å². The molecule has 5 nitrogen and oxygen atoms in total. The third-order valence-electron chi connectivity index (χ3n) is 2.81. The molecule has 1 atom stereocenters. The van der Waals surface area contributed by atoms with Crippen molar-refractivity contribution in [3.63, 3.8) is 0 Å². The number of hydrogen-bond acceptors (Lipinski definition) is 4. The molecule has 0 bridgehead atoms. The standard InChI is InChI=1S/C14H19BrN2O3/c1-16-8-7-13(18)17-12(9-14(19)20-2)10-3-5-11(15)6-4-10/h3-6,12,16H,7-9H2,1-2H3,(H,17,18). The second-order valence-corrected chi connectivity index (χ2v) is 5.22. The highest BCUT2D eigenvalue weighted by atomic mass is 79.9. The van der Waals surface area contributed by atoms with Crippen molar-refractivity contribution in [2.75, 3.05) is 20.7 Å². The summed E-state index contributed by atoms with van der Waals surface area (Å²) in [5, 5.41) is 5.77. The molecule has 20 heavy (non-hydrogen) atoms. The third kappa shape index (κ3) is 5.71. The Bertz CT molecular complexity index is 448. The van der Waals surface area contributed by atoms with E-state index in [1.165, 1.54) is 7.11 Å². The van der Waals surface area contributed by atoms with Gasteiger partial charge in [-0.1, -0.05) is 28.1 Å². The van der Waals surface area contributed by atoms with Gasteiger partial charge < -0.3 is 15.4 Å². The Hall–Kier alpha value is -1.40. The number of hydrogen-bond donors (Lipinski definition) is 2. The van der Waals surface area contributed by atoms with Crippen LogP contribution in [0.15, 0.2) is 28.7 Å². The Morgan fingerprint density at radius 2 is 1.95 bits per heavy atom. The number of halogens is 1. The monoisotopic (exact) mass is 342 g/mol. The Balaban J connectivity index is 2.76. The van der Waals surface area contributed by atoms with Crippen LogP contribution in [0.4, 0.5) is 0 Å². The summed E-state index contributed by atoms with van der Waals surface area (Å²) in [6.07, 6.45) is 0.480. The van der Waals surface area contributed by atoms with Crippen LogP contribution in [0.3, 0.4) is 0 Å². The van der Waals surface area contributed by atoms with Crippen molar-refractivity contribution in [3.8, 4) is 0 Å². The Kier molecular flexibility index (Phi) is 7.25. The number of carbonyl (C=O) groups excluding carboxylic acids is 2. The molecule has 0 aliphatic carbocycles. The highest BCUT2D eigenvalue weighted by molar-refractivity contribution is 9.10. The fourth-order valence-corrected chi connectivity index (χ4v) is 1.97. The lowest BCUT2D eigenvalue weighted by atomic mass is 10.0. The Morgan fingerprint density at radius 1 is 1.30 bits per heavy atom. The predicted molar refractivity (Wildman–Crippen MR) is 80.2 cm³/mol. The van der Waals surface area contributed by atoms with E-state index in [2.05, 4.69) is 31.3 Å². The van der Waals surface area contributed by atoms with E-state index in [-0.39, 0.29) is 24.3 Å². The summed E-state index contributed by atoms with van der Waals surface area (Å²) in [5.41, 5.74) is 0.872. The van der Waals surface area contributed by atoms with E-state index in [1.807, 2.05) is 24.3 Å². The molecule has 110 valence electrons. The van der Waals surface area contributed by atoms with Crippen LogP contribution in [0, 0.1) is 0 Å². The first-order valence-corrected chi connectivity index (χ1v) is 7.12. The summed E-state index contributed by atoms with van der Waals surface area (Å²) in [6.45, 7) is 0.594. The molecule has 0 radical (unpaired) electrons. The van der Waals surface area contributed by atoms with Gasteiger partial charge in [-0.2, -0.15) is 0 Å². The molecule has 0 fully saturated rings. The first kappa shape index (κ1) is 16.7. The first-order chi connectivity index (χ1) is 9.56. The highest BCUT2D eigenvalue weighted by Gasteiger charge is 2.18. The van der Waals surface area contributed by atoms with Gasteiger partial charge in [-0.15, -0.1) is 0 Å². The molecule has 1 amide bonds. The molecule has 0 saturated heterocycles. The van der Waals surface area contributed by atoms with E-state index in [0.717, 1.165) is 10.0 Å². The summed E-state index contributed by atoms with van der Waals surface area (Å²) < 4.78 is 5.62. The van der Waals surface area contributed by atoms with E-state index in [0.29, 0.717) is 13.0 Å². The summed E-state index contributed by atoms with van der Waals surface area (Å²) in [6, 6.07) is 7.12. The molecule has 1 aromatic carbocycles. The fraction of sp³-hybridized carbons (Fsp3) is 0.429. The van der Waals surface area contributed by atoms with Gasteiger partial charge in [0.15, 0.2) is 0 Å². The van der Waals surface area contributed by atoms with Crippen molar-refractivity contribution in [1.29, 1.82) is 0 Å². The highest BCUT2D eigenvalue weighted by Crippen LogP contribution is 2.20. The van der Waals surface area contributed by atoms with Crippen LogP contribution >= 0.6 is 15.9 Å². The minimum absolute atomic E-state index is 0.101. The summed E-state index contributed by atoms with van der Waals surface area (Å²) >= 11 is 3.36. The van der Waals surface area contributed by atoms with E-state index >= 15 is 0 Å². The van der Waals surface area contributed by atoms with Crippen molar-refractivity contribution in [2.24, 2.45) is 0 Å². The Morgan fingerprint density at radius 3 is 2.50 bits per heavy atom. The van der Waals surface area contributed by atoms with Gasteiger partial charge >= 0.3 is 5.97 Å². The summed E-state index contributed by atoms with van der Waals surface area (Å²) in [7, 11) is 3.12. The van der Waals surface area contributed by atoms with Gasteiger partial charge in [0.1, 0.15) is 0 Å². The van der Waals surface area contributed by atoms with Gasteiger partial charge in [-0.3, -0.25) is 9.59 Å². The van der Waals surface area contributed by atoms with Crippen LogP contribution in [-0.4, -0.2) is 32.6 Å². The molecule has 0 heterocycles.